The fraction of sp³-hybridized carbons (Fsp3) is 0.889. The van der Waals surface area contributed by atoms with Crippen molar-refractivity contribution >= 4 is 27.7 Å². The van der Waals surface area contributed by atoms with Gasteiger partial charge in [0.15, 0.2) is 0 Å². The van der Waals surface area contributed by atoms with Crippen LogP contribution < -0.4 is 10.6 Å². The molecule has 0 radical (unpaired) electrons. The number of nitrogens with one attached hydrogen (secondary N) is 2. The molecule has 2 unspecified atom stereocenters. The highest BCUT2D eigenvalue weighted by Gasteiger charge is 2.57. The van der Waals surface area contributed by atoms with E-state index in [1.165, 1.54) is 32.1 Å². The lowest BCUT2D eigenvalue weighted by atomic mass is 9.48. The number of alkyl halides is 1. The van der Waals surface area contributed by atoms with Crippen molar-refractivity contribution in [2.45, 2.75) is 69.0 Å². The number of amides is 2. The summed E-state index contributed by atoms with van der Waals surface area (Å²) < 4.78 is 0.303. The summed E-state index contributed by atoms with van der Waals surface area (Å²) in [4.78, 5) is 23.9. The topological polar surface area (TPSA) is 58.2 Å². The zero-order valence-electron chi connectivity index (χ0n) is 14.1. The summed E-state index contributed by atoms with van der Waals surface area (Å²) in [5, 5.41) is 5.80. The van der Waals surface area contributed by atoms with E-state index in [9.17, 15) is 9.59 Å². The van der Waals surface area contributed by atoms with E-state index in [1.807, 2.05) is 6.92 Å². The van der Waals surface area contributed by atoms with E-state index in [0.29, 0.717) is 30.3 Å². The molecule has 23 heavy (non-hydrogen) atoms. The fourth-order valence-corrected chi connectivity index (χ4v) is 7.12. The second-order valence-electron chi connectivity index (χ2n) is 8.24. The smallest absolute Gasteiger partial charge is 0.221 e. The van der Waals surface area contributed by atoms with Crippen LogP contribution in [0.3, 0.4) is 0 Å². The van der Waals surface area contributed by atoms with Crippen molar-refractivity contribution in [3.63, 3.8) is 0 Å². The number of rotatable bonds is 7. The van der Waals surface area contributed by atoms with E-state index in [-0.39, 0.29) is 17.2 Å². The van der Waals surface area contributed by atoms with Crippen molar-refractivity contribution in [1.29, 1.82) is 0 Å². The molecule has 5 heteroatoms. The van der Waals surface area contributed by atoms with E-state index in [2.05, 4.69) is 26.6 Å². The van der Waals surface area contributed by atoms with Gasteiger partial charge in [0.1, 0.15) is 0 Å². The lowest BCUT2D eigenvalue weighted by Gasteiger charge is -2.60. The monoisotopic (exact) mass is 384 g/mol. The number of carbonyl (C=O) groups is 2. The number of carbonyl (C=O) groups excluding carboxylic acids is 2. The largest absolute Gasteiger partial charge is 0.356 e. The molecule has 130 valence electrons. The third-order valence-electron chi connectivity index (χ3n) is 5.89. The van der Waals surface area contributed by atoms with Crippen molar-refractivity contribution in [3.05, 3.63) is 0 Å². The third kappa shape index (κ3) is 4.09. The van der Waals surface area contributed by atoms with E-state index in [4.69, 9.17) is 0 Å². The minimum atomic E-state index is 0.0290. The molecule has 0 heterocycles. The highest BCUT2D eigenvalue weighted by atomic mass is 79.9. The van der Waals surface area contributed by atoms with Crippen LogP contribution in [0.5, 0.6) is 0 Å². The first kappa shape index (κ1) is 17.2. The summed E-state index contributed by atoms with van der Waals surface area (Å²) in [7, 11) is 0. The minimum absolute atomic E-state index is 0.0290. The molecule has 2 atom stereocenters. The SMILES string of the molecule is CCCNC(=O)CCNC(=O)CC12CC3CC(CC(Br)(C3)C1)C2. The normalized spacial score (nSPS) is 37.7. The van der Waals surface area contributed by atoms with Crippen LogP contribution >= 0.6 is 15.9 Å². The molecule has 0 saturated heterocycles. The first-order valence-electron chi connectivity index (χ1n) is 9.14. The number of hydrogen-bond acceptors (Lipinski definition) is 2. The van der Waals surface area contributed by atoms with E-state index >= 15 is 0 Å². The molecule has 0 aromatic heterocycles. The average molecular weight is 385 g/mol. The molecule has 0 spiro atoms. The van der Waals surface area contributed by atoms with Gasteiger partial charge in [0.2, 0.25) is 11.8 Å². The Kier molecular flexibility index (Phi) is 5.05. The fourth-order valence-electron chi connectivity index (χ4n) is 5.61. The van der Waals surface area contributed by atoms with Gasteiger partial charge in [-0.2, -0.15) is 0 Å². The Morgan fingerprint density at radius 2 is 1.70 bits per heavy atom. The van der Waals surface area contributed by atoms with Gasteiger partial charge < -0.3 is 10.6 Å². The molecule has 0 aromatic rings. The molecule has 4 saturated carbocycles. The molecular weight excluding hydrogens is 356 g/mol. The zero-order valence-corrected chi connectivity index (χ0v) is 15.7. The maximum Gasteiger partial charge on any atom is 0.221 e. The van der Waals surface area contributed by atoms with Crippen LogP contribution in [-0.4, -0.2) is 29.2 Å². The second-order valence-corrected chi connectivity index (χ2v) is 9.92. The van der Waals surface area contributed by atoms with Crippen LogP contribution in [0.15, 0.2) is 0 Å². The lowest BCUT2D eigenvalue weighted by Crippen LogP contribution is -2.54. The predicted molar refractivity (Wildman–Crippen MR) is 94.3 cm³/mol. The van der Waals surface area contributed by atoms with Crippen LogP contribution in [0.4, 0.5) is 0 Å². The van der Waals surface area contributed by atoms with Crippen molar-refractivity contribution < 1.29 is 9.59 Å². The predicted octanol–water partition coefficient (Wildman–Crippen LogP) is 3.14. The summed E-state index contributed by atoms with van der Waals surface area (Å²) in [6, 6.07) is 0. The maximum atomic E-state index is 12.4. The van der Waals surface area contributed by atoms with Gasteiger partial charge in [0.05, 0.1) is 0 Å². The molecule has 4 nitrogen and oxygen atoms in total. The highest BCUT2D eigenvalue weighted by Crippen LogP contribution is 2.65. The van der Waals surface area contributed by atoms with Gasteiger partial charge in [0, 0.05) is 30.3 Å². The number of hydrogen-bond donors (Lipinski definition) is 2. The molecule has 4 aliphatic carbocycles. The third-order valence-corrected chi connectivity index (χ3v) is 6.82. The minimum Gasteiger partial charge on any atom is -0.356 e. The van der Waals surface area contributed by atoms with Gasteiger partial charge in [-0.15, -0.1) is 0 Å². The highest BCUT2D eigenvalue weighted by molar-refractivity contribution is 9.10. The Labute approximate surface area is 147 Å². The molecule has 0 aliphatic heterocycles. The van der Waals surface area contributed by atoms with Crippen molar-refractivity contribution in [2.24, 2.45) is 17.3 Å². The van der Waals surface area contributed by atoms with E-state index in [1.54, 1.807) is 0 Å². The summed E-state index contributed by atoms with van der Waals surface area (Å²) in [6.07, 6.45) is 9.52. The van der Waals surface area contributed by atoms with Crippen molar-refractivity contribution in [3.8, 4) is 0 Å². The van der Waals surface area contributed by atoms with Crippen LogP contribution in [-0.2, 0) is 9.59 Å². The first-order valence-corrected chi connectivity index (χ1v) is 9.94. The Balaban J connectivity index is 1.46. The molecule has 0 aromatic carbocycles. The molecule has 4 bridgehead atoms. The van der Waals surface area contributed by atoms with Crippen molar-refractivity contribution in [2.75, 3.05) is 13.1 Å². The summed E-state index contributed by atoms with van der Waals surface area (Å²) >= 11 is 3.99. The van der Waals surface area contributed by atoms with Gasteiger partial charge in [-0.1, -0.05) is 22.9 Å². The van der Waals surface area contributed by atoms with Crippen LogP contribution in [0.1, 0.15) is 64.7 Å². The van der Waals surface area contributed by atoms with Gasteiger partial charge in [-0.3, -0.25) is 9.59 Å². The Bertz CT molecular complexity index is 466. The van der Waals surface area contributed by atoms with Gasteiger partial charge in [-0.05, 0) is 62.2 Å². The van der Waals surface area contributed by atoms with Crippen LogP contribution in [0.25, 0.3) is 0 Å². The standard InChI is InChI=1S/C18H29BrN2O2/c1-2-4-20-15(22)3-5-21-16(23)11-17-7-13-6-14(8-17)10-18(19,9-13)12-17/h13-14H,2-12H2,1H3,(H,20,22)(H,21,23). The van der Waals surface area contributed by atoms with Crippen LogP contribution in [0.2, 0.25) is 0 Å². The quantitative estimate of drug-likeness (QED) is 0.662. The van der Waals surface area contributed by atoms with Gasteiger partial charge in [-0.25, -0.2) is 0 Å². The Hall–Kier alpha value is -0.580. The van der Waals surface area contributed by atoms with E-state index < -0.39 is 0 Å². The first-order chi connectivity index (χ1) is 10.9. The summed E-state index contributed by atoms with van der Waals surface area (Å²) in [6.45, 7) is 3.20. The second kappa shape index (κ2) is 6.73. The Morgan fingerprint density at radius 1 is 1.04 bits per heavy atom. The summed E-state index contributed by atoms with van der Waals surface area (Å²) in [5.74, 6) is 1.78. The molecular formula is C18H29BrN2O2. The van der Waals surface area contributed by atoms with Crippen molar-refractivity contribution in [1.82, 2.24) is 10.6 Å². The van der Waals surface area contributed by atoms with Gasteiger partial charge in [0.25, 0.3) is 0 Å². The van der Waals surface area contributed by atoms with Gasteiger partial charge >= 0.3 is 0 Å². The molecule has 4 aliphatic rings. The molecule has 2 N–H and O–H groups in total. The average Bonchev–Trinajstić information content (AvgIpc) is 2.41. The summed E-state index contributed by atoms with van der Waals surface area (Å²) in [5.41, 5.74) is 0.210. The Morgan fingerprint density at radius 3 is 2.30 bits per heavy atom. The molecule has 2 amide bonds. The van der Waals surface area contributed by atoms with Crippen LogP contribution in [0, 0.1) is 17.3 Å². The van der Waals surface area contributed by atoms with E-state index in [0.717, 1.165) is 24.7 Å². The maximum absolute atomic E-state index is 12.4. The molecule has 4 rings (SSSR count). The zero-order chi connectivity index (χ0) is 16.5. The molecule has 4 fully saturated rings. The lowest BCUT2D eigenvalue weighted by molar-refractivity contribution is -0.128. The number of halogens is 1.